The molecule has 0 aliphatic carbocycles. The third kappa shape index (κ3) is 3.72. The molecular formula is C18H22BrClS. The maximum absolute atomic E-state index is 6.79. The zero-order valence-electron chi connectivity index (χ0n) is 13.2. The average Bonchev–Trinajstić information content (AvgIpc) is 2.77. The third-order valence-electron chi connectivity index (χ3n) is 3.80. The number of halogens is 2. The van der Waals surface area contributed by atoms with E-state index < -0.39 is 0 Å². The summed E-state index contributed by atoms with van der Waals surface area (Å²) < 4.78 is 1.17. The summed E-state index contributed by atoms with van der Waals surface area (Å²) in [6.07, 6.45) is 0. The molecule has 0 radical (unpaired) electrons. The largest absolute Gasteiger partial charge is 0.131 e. The quantitative estimate of drug-likeness (QED) is 0.481. The zero-order chi connectivity index (χ0) is 15.7. The predicted octanol–water partition coefficient (Wildman–Crippen LogP) is 7.39. The Kier molecular flexibility index (Phi) is 5.56. The van der Waals surface area contributed by atoms with Crippen LogP contribution in [0.2, 0.25) is 0 Å². The molecule has 1 aromatic carbocycles. The van der Waals surface area contributed by atoms with E-state index in [9.17, 15) is 0 Å². The highest BCUT2D eigenvalue weighted by Crippen LogP contribution is 2.41. The van der Waals surface area contributed by atoms with Crippen molar-refractivity contribution in [3.05, 3.63) is 55.2 Å². The normalized spacial score (nSPS) is 13.2. The van der Waals surface area contributed by atoms with Crippen LogP contribution in [0.15, 0.2) is 28.1 Å². The Labute approximate surface area is 145 Å². The van der Waals surface area contributed by atoms with E-state index in [1.165, 1.54) is 30.9 Å². The van der Waals surface area contributed by atoms with Crippen molar-refractivity contribution in [1.82, 2.24) is 0 Å². The molecule has 0 fully saturated rings. The molecule has 1 aromatic heterocycles. The van der Waals surface area contributed by atoms with E-state index in [-0.39, 0.29) is 5.38 Å². The molecule has 1 atom stereocenters. The standard InChI is InChI=1S/C18H22BrClS/c1-10(2)13-6-7-14(15(9-13)11(3)4)17(20)16-8-12(5)18(19)21-16/h6-11,17H,1-5H3. The molecule has 0 saturated heterocycles. The first kappa shape index (κ1) is 17.1. The van der Waals surface area contributed by atoms with Crippen LogP contribution in [0.1, 0.15) is 72.0 Å². The van der Waals surface area contributed by atoms with Crippen molar-refractivity contribution < 1.29 is 0 Å². The van der Waals surface area contributed by atoms with Gasteiger partial charge in [0.25, 0.3) is 0 Å². The van der Waals surface area contributed by atoms with E-state index in [0.29, 0.717) is 11.8 Å². The summed E-state index contributed by atoms with van der Waals surface area (Å²) in [7, 11) is 0. The summed E-state index contributed by atoms with van der Waals surface area (Å²) in [6.45, 7) is 11.1. The zero-order valence-corrected chi connectivity index (χ0v) is 16.4. The van der Waals surface area contributed by atoms with Gasteiger partial charge < -0.3 is 0 Å². The van der Waals surface area contributed by atoms with Gasteiger partial charge in [0.1, 0.15) is 0 Å². The van der Waals surface area contributed by atoms with Crippen LogP contribution < -0.4 is 0 Å². The molecule has 0 aliphatic rings. The minimum absolute atomic E-state index is 0.0707. The van der Waals surface area contributed by atoms with Gasteiger partial charge in [0.2, 0.25) is 0 Å². The Balaban J connectivity index is 2.47. The van der Waals surface area contributed by atoms with Gasteiger partial charge in [0.15, 0.2) is 0 Å². The Hall–Kier alpha value is -0.310. The first-order chi connectivity index (χ1) is 9.81. The summed E-state index contributed by atoms with van der Waals surface area (Å²) >= 11 is 12.1. The minimum atomic E-state index is -0.0707. The molecule has 1 unspecified atom stereocenters. The molecule has 0 aliphatic heterocycles. The fraction of sp³-hybridized carbons (Fsp3) is 0.444. The van der Waals surface area contributed by atoms with Crippen molar-refractivity contribution in [3.8, 4) is 0 Å². The Morgan fingerprint density at radius 3 is 2.14 bits per heavy atom. The molecule has 0 spiro atoms. The number of benzene rings is 1. The van der Waals surface area contributed by atoms with Gasteiger partial charge >= 0.3 is 0 Å². The summed E-state index contributed by atoms with van der Waals surface area (Å²) in [6, 6.07) is 8.95. The fourth-order valence-corrected chi connectivity index (χ4v) is 4.41. The van der Waals surface area contributed by atoms with Gasteiger partial charge in [-0.25, -0.2) is 0 Å². The van der Waals surface area contributed by atoms with Gasteiger partial charge in [-0.1, -0.05) is 45.9 Å². The molecule has 2 rings (SSSR count). The Morgan fingerprint density at radius 2 is 1.67 bits per heavy atom. The lowest BCUT2D eigenvalue weighted by molar-refractivity contribution is 0.819. The van der Waals surface area contributed by atoms with Crippen LogP contribution in [0.5, 0.6) is 0 Å². The van der Waals surface area contributed by atoms with E-state index >= 15 is 0 Å². The smallest absolute Gasteiger partial charge is 0.0931 e. The number of alkyl halides is 1. The second-order valence-electron chi connectivity index (χ2n) is 6.17. The number of thiophene rings is 1. The topological polar surface area (TPSA) is 0 Å². The average molecular weight is 386 g/mol. The van der Waals surface area contributed by atoms with Crippen LogP contribution in [-0.2, 0) is 0 Å². The fourth-order valence-electron chi connectivity index (χ4n) is 2.44. The molecule has 0 amide bonds. The second kappa shape index (κ2) is 6.85. The lowest BCUT2D eigenvalue weighted by Crippen LogP contribution is -2.02. The van der Waals surface area contributed by atoms with Gasteiger partial charge in [-0.2, -0.15) is 0 Å². The molecule has 0 saturated carbocycles. The molecule has 0 N–H and O–H groups in total. The van der Waals surface area contributed by atoms with Crippen molar-refractivity contribution in [1.29, 1.82) is 0 Å². The third-order valence-corrected chi connectivity index (χ3v) is 6.60. The molecule has 2 aromatic rings. The number of hydrogen-bond donors (Lipinski definition) is 0. The summed E-state index contributed by atoms with van der Waals surface area (Å²) in [5, 5.41) is -0.0707. The van der Waals surface area contributed by atoms with Crippen molar-refractivity contribution in [2.24, 2.45) is 0 Å². The van der Waals surface area contributed by atoms with Crippen molar-refractivity contribution >= 4 is 38.9 Å². The van der Waals surface area contributed by atoms with Crippen LogP contribution >= 0.6 is 38.9 Å². The Morgan fingerprint density at radius 1 is 1.00 bits per heavy atom. The minimum Gasteiger partial charge on any atom is -0.131 e. The second-order valence-corrected chi connectivity index (χ2v) is 9.00. The first-order valence-electron chi connectivity index (χ1n) is 7.34. The summed E-state index contributed by atoms with van der Waals surface area (Å²) in [5.41, 5.74) is 5.24. The van der Waals surface area contributed by atoms with Crippen LogP contribution in [0.4, 0.5) is 0 Å². The molecule has 0 bridgehead atoms. The number of aryl methyl sites for hydroxylation is 1. The Bertz CT molecular complexity index is 609. The lowest BCUT2D eigenvalue weighted by atomic mass is 9.90. The van der Waals surface area contributed by atoms with E-state index in [0.717, 1.165) is 0 Å². The number of hydrogen-bond acceptors (Lipinski definition) is 1. The van der Waals surface area contributed by atoms with Gasteiger partial charge in [0, 0.05) is 4.88 Å². The highest BCUT2D eigenvalue weighted by Gasteiger charge is 2.20. The van der Waals surface area contributed by atoms with Gasteiger partial charge in [0.05, 0.1) is 9.16 Å². The highest BCUT2D eigenvalue weighted by atomic mass is 79.9. The lowest BCUT2D eigenvalue weighted by Gasteiger charge is -2.19. The van der Waals surface area contributed by atoms with Crippen molar-refractivity contribution in [3.63, 3.8) is 0 Å². The van der Waals surface area contributed by atoms with E-state index in [2.05, 4.69) is 74.8 Å². The highest BCUT2D eigenvalue weighted by molar-refractivity contribution is 9.11. The summed E-state index contributed by atoms with van der Waals surface area (Å²) in [4.78, 5) is 1.21. The SMILES string of the molecule is Cc1cc(C(Cl)c2ccc(C(C)C)cc2C(C)C)sc1Br. The van der Waals surface area contributed by atoms with E-state index in [4.69, 9.17) is 11.6 Å². The predicted molar refractivity (Wildman–Crippen MR) is 99.1 cm³/mol. The molecular weight excluding hydrogens is 364 g/mol. The number of rotatable bonds is 4. The molecule has 0 nitrogen and oxygen atoms in total. The summed E-state index contributed by atoms with van der Waals surface area (Å²) in [5.74, 6) is 1.02. The molecule has 3 heteroatoms. The van der Waals surface area contributed by atoms with Gasteiger partial charge in [-0.15, -0.1) is 22.9 Å². The first-order valence-corrected chi connectivity index (χ1v) is 9.39. The molecule has 21 heavy (non-hydrogen) atoms. The van der Waals surface area contributed by atoms with Crippen molar-refractivity contribution in [2.45, 2.75) is 51.8 Å². The molecule has 114 valence electrons. The van der Waals surface area contributed by atoms with Crippen LogP contribution in [0, 0.1) is 6.92 Å². The maximum atomic E-state index is 6.79. The maximum Gasteiger partial charge on any atom is 0.0931 e. The van der Waals surface area contributed by atoms with Gasteiger partial charge in [-0.05, 0) is 63.0 Å². The van der Waals surface area contributed by atoms with E-state index in [1.54, 1.807) is 11.3 Å². The van der Waals surface area contributed by atoms with Crippen LogP contribution in [0.25, 0.3) is 0 Å². The van der Waals surface area contributed by atoms with E-state index in [1.807, 2.05) is 0 Å². The van der Waals surface area contributed by atoms with Crippen molar-refractivity contribution in [2.75, 3.05) is 0 Å². The monoisotopic (exact) mass is 384 g/mol. The van der Waals surface area contributed by atoms with Gasteiger partial charge in [-0.3, -0.25) is 0 Å². The van der Waals surface area contributed by atoms with Crippen LogP contribution in [0.3, 0.4) is 0 Å². The molecule has 1 heterocycles. The van der Waals surface area contributed by atoms with Crippen LogP contribution in [-0.4, -0.2) is 0 Å².